The molecule has 1 aromatic carbocycles. The van der Waals surface area contributed by atoms with Crippen molar-refractivity contribution in [2.24, 2.45) is 5.92 Å². The third-order valence-corrected chi connectivity index (χ3v) is 4.37. The molecular weight excluding hydrogens is 276 g/mol. The molecule has 3 nitrogen and oxygen atoms in total. The van der Waals surface area contributed by atoms with Crippen LogP contribution in [0, 0.1) is 17.6 Å². The second kappa shape index (κ2) is 6.10. The molecule has 5 heteroatoms. The summed E-state index contributed by atoms with van der Waals surface area (Å²) >= 11 is 0. The molecule has 1 aliphatic rings. The first-order valence-electron chi connectivity index (χ1n) is 7.28. The number of aliphatic hydroxyl groups excluding tert-OH is 1. The molecule has 1 amide bonds. The van der Waals surface area contributed by atoms with Crippen molar-refractivity contribution in [1.82, 2.24) is 5.32 Å². The molecule has 3 unspecified atom stereocenters. The summed E-state index contributed by atoms with van der Waals surface area (Å²) in [6, 6.07) is 3.79. The molecule has 1 aromatic rings. The monoisotopic (exact) mass is 297 g/mol. The van der Waals surface area contributed by atoms with Gasteiger partial charge in [-0.25, -0.2) is 8.78 Å². The summed E-state index contributed by atoms with van der Waals surface area (Å²) in [5.74, 6) is -2.07. The second-order valence-corrected chi connectivity index (χ2v) is 6.00. The molecule has 2 N–H and O–H groups in total. The van der Waals surface area contributed by atoms with Crippen molar-refractivity contribution in [3.63, 3.8) is 0 Å². The fourth-order valence-corrected chi connectivity index (χ4v) is 2.56. The van der Waals surface area contributed by atoms with Crippen LogP contribution in [0.2, 0.25) is 0 Å². The van der Waals surface area contributed by atoms with E-state index in [0.29, 0.717) is 18.4 Å². The van der Waals surface area contributed by atoms with E-state index in [1.54, 1.807) is 0 Å². The lowest BCUT2D eigenvalue weighted by atomic mass is 9.94. The van der Waals surface area contributed by atoms with Crippen LogP contribution in [0.5, 0.6) is 0 Å². The lowest BCUT2D eigenvalue weighted by Crippen LogP contribution is -2.47. The number of hydrogen-bond acceptors (Lipinski definition) is 2. The van der Waals surface area contributed by atoms with E-state index < -0.39 is 17.2 Å². The van der Waals surface area contributed by atoms with Crippen LogP contribution in [0.4, 0.5) is 8.78 Å². The van der Waals surface area contributed by atoms with E-state index >= 15 is 0 Å². The van der Waals surface area contributed by atoms with Gasteiger partial charge in [0, 0.05) is 18.1 Å². The summed E-state index contributed by atoms with van der Waals surface area (Å²) in [6.07, 6.45) is 1.87. The number of carbonyl (C=O) groups is 1. The van der Waals surface area contributed by atoms with Crippen molar-refractivity contribution in [2.45, 2.75) is 44.6 Å². The zero-order valence-corrected chi connectivity index (χ0v) is 12.3. The molecule has 0 aromatic heterocycles. The van der Waals surface area contributed by atoms with Gasteiger partial charge in [-0.2, -0.15) is 0 Å². The smallest absolute Gasteiger partial charge is 0.224 e. The first-order valence-corrected chi connectivity index (χ1v) is 7.28. The van der Waals surface area contributed by atoms with Gasteiger partial charge in [0.25, 0.3) is 0 Å². The highest BCUT2D eigenvalue weighted by molar-refractivity contribution is 5.83. The molecule has 0 spiro atoms. The van der Waals surface area contributed by atoms with Gasteiger partial charge in [0.05, 0.1) is 0 Å². The molecule has 116 valence electrons. The van der Waals surface area contributed by atoms with Gasteiger partial charge in [0.2, 0.25) is 5.91 Å². The maximum absolute atomic E-state index is 13.2. The number of halogens is 2. The highest BCUT2D eigenvalue weighted by Gasteiger charge is 2.45. The summed E-state index contributed by atoms with van der Waals surface area (Å²) in [7, 11) is 0. The Balaban J connectivity index is 1.99. The Kier molecular flexibility index (Phi) is 4.61. The molecule has 2 rings (SSSR count). The average Bonchev–Trinajstić information content (AvgIpc) is 3.22. The number of carbonyl (C=O) groups excluding carboxylic acids is 1. The molecule has 0 radical (unpaired) electrons. The molecule has 0 bridgehead atoms. The van der Waals surface area contributed by atoms with Gasteiger partial charge in [0.1, 0.15) is 0 Å². The Morgan fingerprint density at radius 1 is 1.43 bits per heavy atom. The van der Waals surface area contributed by atoms with Crippen LogP contribution in [0.1, 0.15) is 44.6 Å². The third kappa shape index (κ3) is 3.59. The topological polar surface area (TPSA) is 49.3 Å². The van der Waals surface area contributed by atoms with Gasteiger partial charge in [-0.3, -0.25) is 4.79 Å². The highest BCUT2D eigenvalue weighted by atomic mass is 19.2. The van der Waals surface area contributed by atoms with Crippen LogP contribution in [0.3, 0.4) is 0 Å². The fraction of sp³-hybridized carbons (Fsp3) is 0.562. The highest BCUT2D eigenvalue weighted by Crippen LogP contribution is 2.48. The van der Waals surface area contributed by atoms with Crippen molar-refractivity contribution in [3.05, 3.63) is 35.4 Å². The summed E-state index contributed by atoms with van der Waals surface area (Å²) in [5, 5.41) is 12.0. The van der Waals surface area contributed by atoms with Crippen molar-refractivity contribution < 1.29 is 18.7 Å². The summed E-state index contributed by atoms with van der Waals surface area (Å²) in [4.78, 5) is 12.2. The Labute approximate surface area is 123 Å². The SMILES string of the molecule is CCC(C)(CCO)NC(=O)C1CC1c1ccc(F)c(F)c1. The quantitative estimate of drug-likeness (QED) is 0.848. The normalized spacial score (nSPS) is 23.5. The fourth-order valence-electron chi connectivity index (χ4n) is 2.56. The molecule has 21 heavy (non-hydrogen) atoms. The van der Waals surface area contributed by atoms with Crippen LogP contribution < -0.4 is 5.32 Å². The molecular formula is C16H21F2NO2. The summed E-state index contributed by atoms with van der Waals surface area (Å²) < 4.78 is 26.1. The van der Waals surface area contributed by atoms with Crippen LogP contribution in [0.15, 0.2) is 18.2 Å². The molecule has 0 saturated heterocycles. The average molecular weight is 297 g/mol. The van der Waals surface area contributed by atoms with E-state index in [1.807, 2.05) is 13.8 Å². The van der Waals surface area contributed by atoms with E-state index in [4.69, 9.17) is 5.11 Å². The number of nitrogens with one attached hydrogen (secondary N) is 1. The Hall–Kier alpha value is -1.49. The van der Waals surface area contributed by atoms with Gasteiger partial charge in [-0.1, -0.05) is 13.0 Å². The van der Waals surface area contributed by atoms with E-state index in [9.17, 15) is 13.6 Å². The molecule has 3 atom stereocenters. The second-order valence-electron chi connectivity index (χ2n) is 6.00. The van der Waals surface area contributed by atoms with Gasteiger partial charge >= 0.3 is 0 Å². The summed E-state index contributed by atoms with van der Waals surface area (Å²) in [5.41, 5.74) is 0.238. The minimum absolute atomic E-state index is 0.0158. The minimum Gasteiger partial charge on any atom is -0.396 e. The van der Waals surface area contributed by atoms with Crippen LogP contribution >= 0.6 is 0 Å². The van der Waals surface area contributed by atoms with Crippen molar-refractivity contribution in [2.75, 3.05) is 6.61 Å². The van der Waals surface area contributed by atoms with E-state index in [2.05, 4.69) is 5.32 Å². The number of benzene rings is 1. The van der Waals surface area contributed by atoms with Crippen molar-refractivity contribution in [3.8, 4) is 0 Å². The predicted molar refractivity (Wildman–Crippen MR) is 75.7 cm³/mol. The van der Waals surface area contributed by atoms with Crippen molar-refractivity contribution >= 4 is 5.91 Å². The Bertz CT molecular complexity index is 535. The van der Waals surface area contributed by atoms with Gasteiger partial charge < -0.3 is 10.4 Å². The number of aliphatic hydroxyl groups is 1. The van der Waals surface area contributed by atoms with Gasteiger partial charge in [-0.05, 0) is 49.8 Å². The van der Waals surface area contributed by atoms with Gasteiger partial charge in [-0.15, -0.1) is 0 Å². The molecule has 0 aliphatic heterocycles. The summed E-state index contributed by atoms with van der Waals surface area (Å²) in [6.45, 7) is 3.87. The van der Waals surface area contributed by atoms with Crippen LogP contribution in [0.25, 0.3) is 0 Å². The predicted octanol–water partition coefficient (Wildman–Crippen LogP) is 2.74. The lowest BCUT2D eigenvalue weighted by molar-refractivity contribution is -0.124. The Morgan fingerprint density at radius 2 is 2.14 bits per heavy atom. The third-order valence-electron chi connectivity index (χ3n) is 4.37. The number of hydrogen-bond donors (Lipinski definition) is 2. The van der Waals surface area contributed by atoms with E-state index in [1.165, 1.54) is 12.1 Å². The zero-order chi connectivity index (χ0) is 15.6. The van der Waals surface area contributed by atoms with Crippen LogP contribution in [-0.4, -0.2) is 23.2 Å². The first kappa shape index (κ1) is 15.9. The number of amides is 1. The van der Waals surface area contributed by atoms with E-state index in [-0.39, 0.29) is 24.3 Å². The van der Waals surface area contributed by atoms with E-state index in [0.717, 1.165) is 12.5 Å². The molecule has 1 aliphatic carbocycles. The minimum atomic E-state index is -0.878. The van der Waals surface area contributed by atoms with Gasteiger partial charge in [0.15, 0.2) is 11.6 Å². The van der Waals surface area contributed by atoms with Crippen molar-refractivity contribution in [1.29, 1.82) is 0 Å². The standard InChI is InChI=1S/C16H21F2NO2/c1-3-16(2,6-7-20)19-15(21)12-9-11(12)10-4-5-13(17)14(18)8-10/h4-5,8,11-12,20H,3,6-7,9H2,1-2H3,(H,19,21). The zero-order valence-electron chi connectivity index (χ0n) is 12.3. The first-order chi connectivity index (χ1) is 9.90. The molecule has 1 fully saturated rings. The lowest BCUT2D eigenvalue weighted by Gasteiger charge is -2.29. The molecule has 1 saturated carbocycles. The largest absolute Gasteiger partial charge is 0.396 e. The maximum atomic E-state index is 13.2. The Morgan fingerprint density at radius 3 is 2.71 bits per heavy atom. The maximum Gasteiger partial charge on any atom is 0.224 e. The number of rotatable bonds is 6. The molecule has 0 heterocycles. The van der Waals surface area contributed by atoms with Crippen LogP contribution in [-0.2, 0) is 4.79 Å².